The lowest BCUT2D eigenvalue weighted by Gasteiger charge is -2.26. The van der Waals surface area contributed by atoms with Crippen molar-refractivity contribution < 1.29 is 4.79 Å². The summed E-state index contributed by atoms with van der Waals surface area (Å²) in [6.07, 6.45) is 3.62. The Morgan fingerprint density at radius 1 is 1.23 bits per heavy atom. The normalized spacial score (nSPS) is 14.8. The van der Waals surface area contributed by atoms with E-state index in [1.165, 1.54) is 0 Å². The van der Waals surface area contributed by atoms with Gasteiger partial charge < -0.3 is 10.6 Å². The summed E-state index contributed by atoms with van der Waals surface area (Å²) >= 11 is 0. The first-order valence-corrected chi connectivity index (χ1v) is 9.85. The minimum atomic E-state index is 0.0770. The van der Waals surface area contributed by atoms with Gasteiger partial charge >= 0.3 is 0 Å². The van der Waals surface area contributed by atoms with Gasteiger partial charge in [-0.05, 0) is 18.6 Å². The van der Waals surface area contributed by atoms with Crippen LogP contribution in [0.25, 0.3) is 16.9 Å². The van der Waals surface area contributed by atoms with Gasteiger partial charge in [0.2, 0.25) is 11.9 Å². The number of aryl methyl sites for hydroxylation is 1. The molecule has 30 heavy (non-hydrogen) atoms. The van der Waals surface area contributed by atoms with Crippen LogP contribution >= 0.6 is 0 Å². The maximum atomic E-state index is 11.7. The van der Waals surface area contributed by atoms with Crippen molar-refractivity contribution in [1.82, 2.24) is 34.8 Å². The SMILES string of the molecule is Cc1cc(Nc2nc(-c3cccc(CN4CCNC(=O)C4)c3)cc3nccn23)n[nH]1. The highest BCUT2D eigenvalue weighted by Gasteiger charge is 2.16. The van der Waals surface area contributed by atoms with Gasteiger partial charge in [-0.2, -0.15) is 5.10 Å². The molecule has 0 atom stereocenters. The highest BCUT2D eigenvalue weighted by Crippen LogP contribution is 2.24. The Morgan fingerprint density at radius 2 is 2.17 bits per heavy atom. The number of nitrogens with zero attached hydrogens (tertiary/aromatic N) is 5. The zero-order chi connectivity index (χ0) is 20.5. The highest BCUT2D eigenvalue weighted by atomic mass is 16.2. The van der Waals surface area contributed by atoms with Gasteiger partial charge in [-0.3, -0.25) is 19.2 Å². The van der Waals surface area contributed by atoms with Gasteiger partial charge in [-0.15, -0.1) is 0 Å². The van der Waals surface area contributed by atoms with E-state index in [4.69, 9.17) is 4.98 Å². The number of benzene rings is 1. The van der Waals surface area contributed by atoms with Crippen molar-refractivity contribution in [3.05, 3.63) is 60.0 Å². The van der Waals surface area contributed by atoms with Crippen molar-refractivity contribution in [2.45, 2.75) is 13.5 Å². The zero-order valence-corrected chi connectivity index (χ0v) is 16.6. The number of amides is 1. The largest absolute Gasteiger partial charge is 0.354 e. The molecule has 0 radical (unpaired) electrons. The van der Waals surface area contributed by atoms with Crippen LogP contribution in [0.15, 0.2) is 48.8 Å². The Bertz CT molecular complexity index is 1210. The fourth-order valence-electron chi connectivity index (χ4n) is 3.67. The number of nitrogens with one attached hydrogen (secondary N) is 3. The summed E-state index contributed by atoms with van der Waals surface area (Å²) in [6.45, 7) is 4.65. The molecule has 5 rings (SSSR count). The van der Waals surface area contributed by atoms with Gasteiger partial charge in [0.05, 0.1) is 12.2 Å². The number of hydrogen-bond donors (Lipinski definition) is 3. The molecule has 4 aromatic rings. The summed E-state index contributed by atoms with van der Waals surface area (Å²) in [5, 5.41) is 13.3. The van der Waals surface area contributed by atoms with Crippen LogP contribution < -0.4 is 10.6 Å². The van der Waals surface area contributed by atoms with E-state index < -0.39 is 0 Å². The van der Waals surface area contributed by atoms with Gasteiger partial charge in [0.1, 0.15) is 5.65 Å². The number of anilines is 2. The van der Waals surface area contributed by atoms with Crippen molar-refractivity contribution in [2.75, 3.05) is 25.0 Å². The van der Waals surface area contributed by atoms with E-state index in [-0.39, 0.29) is 5.91 Å². The Hall–Kier alpha value is -3.72. The molecular formula is C21H22N8O. The first-order valence-electron chi connectivity index (χ1n) is 9.85. The van der Waals surface area contributed by atoms with Gasteiger partial charge in [-0.25, -0.2) is 9.97 Å². The fraction of sp³-hybridized carbons (Fsp3) is 0.238. The molecule has 1 aliphatic rings. The quantitative estimate of drug-likeness (QED) is 0.472. The molecule has 1 saturated heterocycles. The van der Waals surface area contributed by atoms with Crippen molar-refractivity contribution in [3.8, 4) is 11.3 Å². The number of aromatic amines is 1. The lowest BCUT2D eigenvalue weighted by molar-refractivity contribution is -0.124. The molecule has 9 heteroatoms. The predicted octanol–water partition coefficient (Wildman–Crippen LogP) is 2.10. The highest BCUT2D eigenvalue weighted by molar-refractivity contribution is 5.78. The number of fused-ring (bicyclic) bond motifs is 1. The second-order valence-electron chi connectivity index (χ2n) is 7.44. The Kier molecular flexibility index (Phi) is 4.64. The summed E-state index contributed by atoms with van der Waals surface area (Å²) in [5.74, 6) is 1.42. The van der Waals surface area contributed by atoms with Crippen molar-refractivity contribution in [2.24, 2.45) is 0 Å². The number of hydrogen-bond acceptors (Lipinski definition) is 6. The lowest BCUT2D eigenvalue weighted by Crippen LogP contribution is -2.47. The summed E-state index contributed by atoms with van der Waals surface area (Å²) in [4.78, 5) is 23.1. The average Bonchev–Trinajstić information content (AvgIpc) is 3.37. The number of imidazole rings is 1. The molecule has 0 bridgehead atoms. The van der Waals surface area contributed by atoms with Crippen LogP contribution in [0.5, 0.6) is 0 Å². The average molecular weight is 402 g/mol. The number of H-pyrrole nitrogens is 1. The van der Waals surface area contributed by atoms with Gasteiger partial charge in [0.15, 0.2) is 5.82 Å². The maximum Gasteiger partial charge on any atom is 0.234 e. The number of rotatable bonds is 5. The fourth-order valence-corrected chi connectivity index (χ4v) is 3.67. The second kappa shape index (κ2) is 7.60. The van der Waals surface area contributed by atoms with Crippen LogP contribution in [0, 0.1) is 6.92 Å². The summed E-state index contributed by atoms with van der Waals surface area (Å²) in [7, 11) is 0. The number of aromatic nitrogens is 5. The third-order valence-corrected chi connectivity index (χ3v) is 5.08. The van der Waals surface area contributed by atoms with Crippen molar-refractivity contribution in [3.63, 3.8) is 0 Å². The molecule has 1 aliphatic heterocycles. The molecule has 9 nitrogen and oxygen atoms in total. The van der Waals surface area contributed by atoms with E-state index in [9.17, 15) is 4.79 Å². The molecule has 0 saturated carbocycles. The number of carbonyl (C=O) groups is 1. The first-order chi connectivity index (χ1) is 14.6. The Morgan fingerprint density at radius 3 is 3.00 bits per heavy atom. The number of piperazine rings is 1. The molecule has 3 N–H and O–H groups in total. The van der Waals surface area contributed by atoms with Crippen LogP contribution in [0.3, 0.4) is 0 Å². The molecule has 4 heterocycles. The third-order valence-electron chi connectivity index (χ3n) is 5.08. The molecule has 1 amide bonds. The van der Waals surface area contributed by atoms with Crippen LogP contribution in [0.1, 0.15) is 11.3 Å². The topological polar surface area (TPSA) is 103 Å². The van der Waals surface area contributed by atoms with Crippen LogP contribution in [0.2, 0.25) is 0 Å². The minimum absolute atomic E-state index is 0.0770. The van der Waals surface area contributed by atoms with E-state index in [0.717, 1.165) is 41.3 Å². The van der Waals surface area contributed by atoms with Crippen LogP contribution in [-0.2, 0) is 11.3 Å². The summed E-state index contributed by atoms with van der Waals surface area (Å²) < 4.78 is 1.89. The molecule has 1 fully saturated rings. The number of carbonyl (C=O) groups excluding carboxylic acids is 1. The summed E-state index contributed by atoms with van der Waals surface area (Å²) in [5.41, 5.74) is 4.73. The van der Waals surface area contributed by atoms with Crippen molar-refractivity contribution >= 4 is 23.3 Å². The van der Waals surface area contributed by atoms with Gasteiger partial charge in [-0.1, -0.05) is 18.2 Å². The maximum absolute atomic E-state index is 11.7. The van der Waals surface area contributed by atoms with Crippen LogP contribution in [0.4, 0.5) is 11.8 Å². The van der Waals surface area contributed by atoms with Crippen molar-refractivity contribution in [1.29, 1.82) is 0 Å². The van der Waals surface area contributed by atoms with Gasteiger partial charge in [0.25, 0.3) is 0 Å². The minimum Gasteiger partial charge on any atom is -0.354 e. The lowest BCUT2D eigenvalue weighted by atomic mass is 10.1. The molecule has 0 unspecified atom stereocenters. The molecule has 0 spiro atoms. The molecule has 1 aromatic carbocycles. The Balaban J connectivity index is 1.46. The van der Waals surface area contributed by atoms with E-state index in [0.29, 0.717) is 24.9 Å². The molecule has 152 valence electrons. The summed E-state index contributed by atoms with van der Waals surface area (Å²) in [6, 6.07) is 12.2. The van der Waals surface area contributed by atoms with Gasteiger partial charge in [0, 0.05) is 55.4 Å². The first kappa shape index (κ1) is 18.3. The van der Waals surface area contributed by atoms with E-state index in [2.05, 4.69) is 42.8 Å². The van der Waals surface area contributed by atoms with E-state index in [1.54, 1.807) is 6.20 Å². The zero-order valence-electron chi connectivity index (χ0n) is 16.6. The van der Waals surface area contributed by atoms with Crippen LogP contribution in [-0.4, -0.2) is 55.0 Å². The Labute approximate surface area is 173 Å². The second-order valence-corrected chi connectivity index (χ2v) is 7.44. The third kappa shape index (κ3) is 3.74. The predicted molar refractivity (Wildman–Crippen MR) is 113 cm³/mol. The van der Waals surface area contributed by atoms with E-state index >= 15 is 0 Å². The standard InChI is InChI=1S/C21H22N8O/c1-14-9-18(27-26-14)25-21-24-17(11-19-22-6-8-29(19)21)16-4-2-3-15(10-16)12-28-7-5-23-20(30)13-28/h2-4,6,8-11H,5,7,12-13H2,1H3,(H,23,30)(H2,24,25,26,27). The molecule has 3 aromatic heterocycles. The monoisotopic (exact) mass is 402 g/mol. The molecular weight excluding hydrogens is 380 g/mol. The molecule has 0 aliphatic carbocycles. The smallest absolute Gasteiger partial charge is 0.234 e. The van der Waals surface area contributed by atoms with E-state index in [1.807, 2.05) is 41.8 Å².